The molecule has 0 N–H and O–H groups in total. The largest absolute Gasteiger partial charge is 0.270 e. The topological polar surface area (TPSA) is 26.5 Å². The molecule has 7 heavy (non-hydrogen) atoms. The van der Waals surface area contributed by atoms with Crippen LogP contribution in [0.4, 0.5) is 0 Å². The first kappa shape index (κ1) is 5.08. The number of aliphatic imine (C=N–C) groups is 1. The standard InChI is InChI=1S/C4H4IN2/c5-4-1-2-6-3-7-4/h1-2H,3H2. The molecule has 2 nitrogen and oxygen atoms in total. The quantitative estimate of drug-likeness (QED) is 0.417. The van der Waals surface area contributed by atoms with Gasteiger partial charge < -0.3 is 0 Å². The van der Waals surface area contributed by atoms with E-state index >= 15 is 0 Å². The summed E-state index contributed by atoms with van der Waals surface area (Å²) in [5.41, 5.74) is 0. The minimum absolute atomic E-state index is 0.606. The Morgan fingerprint density at radius 1 is 1.71 bits per heavy atom. The summed E-state index contributed by atoms with van der Waals surface area (Å²) in [5, 5.41) is 3.98. The normalized spacial score (nSPS) is 18.1. The molecule has 1 radical (unpaired) electrons. The van der Waals surface area contributed by atoms with Gasteiger partial charge in [0.1, 0.15) is 6.67 Å². The summed E-state index contributed by atoms with van der Waals surface area (Å²) >= 11 is 2.16. The van der Waals surface area contributed by atoms with E-state index in [1.807, 2.05) is 6.08 Å². The third-order valence-electron chi connectivity index (χ3n) is 0.621. The minimum Gasteiger partial charge on any atom is -0.270 e. The second kappa shape index (κ2) is 2.30. The van der Waals surface area contributed by atoms with Crippen LogP contribution >= 0.6 is 22.6 Å². The lowest BCUT2D eigenvalue weighted by atomic mass is 10.6. The van der Waals surface area contributed by atoms with E-state index in [1.165, 1.54) is 0 Å². The van der Waals surface area contributed by atoms with E-state index in [0.29, 0.717) is 6.67 Å². The van der Waals surface area contributed by atoms with Crippen LogP contribution in [0.25, 0.3) is 0 Å². The molecule has 0 spiro atoms. The Balaban J connectivity index is 2.57. The first-order valence-corrected chi connectivity index (χ1v) is 3.00. The van der Waals surface area contributed by atoms with Gasteiger partial charge in [0.05, 0.1) is 3.70 Å². The van der Waals surface area contributed by atoms with Crippen molar-refractivity contribution in [3.05, 3.63) is 9.78 Å². The third kappa shape index (κ3) is 1.46. The van der Waals surface area contributed by atoms with Crippen LogP contribution in [0.3, 0.4) is 0 Å². The summed E-state index contributed by atoms with van der Waals surface area (Å²) in [5.74, 6) is 0. The van der Waals surface area contributed by atoms with Gasteiger partial charge in [-0.05, 0) is 28.7 Å². The molecule has 1 rings (SSSR count). The van der Waals surface area contributed by atoms with Gasteiger partial charge in [0.25, 0.3) is 0 Å². The average molecular weight is 207 g/mol. The molecular formula is C4H4IN2. The van der Waals surface area contributed by atoms with Crippen LogP contribution in [0.2, 0.25) is 0 Å². The zero-order valence-electron chi connectivity index (χ0n) is 3.63. The van der Waals surface area contributed by atoms with Gasteiger partial charge in [0.15, 0.2) is 0 Å². The number of allylic oxidation sites excluding steroid dienone is 1. The highest BCUT2D eigenvalue weighted by Gasteiger charge is 1.90. The number of rotatable bonds is 0. The van der Waals surface area contributed by atoms with Crippen LogP contribution in [-0.4, -0.2) is 12.9 Å². The van der Waals surface area contributed by atoms with Crippen LogP contribution in [0.1, 0.15) is 0 Å². The summed E-state index contributed by atoms with van der Waals surface area (Å²) in [6.07, 6.45) is 3.65. The molecule has 0 saturated carbocycles. The van der Waals surface area contributed by atoms with E-state index in [9.17, 15) is 0 Å². The van der Waals surface area contributed by atoms with E-state index in [1.54, 1.807) is 6.21 Å². The zero-order chi connectivity index (χ0) is 5.11. The molecule has 1 aliphatic heterocycles. The second-order valence-corrected chi connectivity index (χ2v) is 2.23. The molecule has 0 atom stereocenters. The number of halogens is 1. The Hall–Kier alpha value is -0.0600. The highest BCUT2D eigenvalue weighted by atomic mass is 127. The number of nitrogens with zero attached hydrogens (tertiary/aromatic N) is 2. The zero-order valence-corrected chi connectivity index (χ0v) is 5.79. The van der Waals surface area contributed by atoms with Gasteiger partial charge in [-0.3, -0.25) is 10.3 Å². The highest BCUT2D eigenvalue weighted by Crippen LogP contribution is 2.02. The average Bonchev–Trinajstić information content (AvgIpc) is 1.69. The van der Waals surface area contributed by atoms with Gasteiger partial charge in [-0.2, -0.15) is 0 Å². The molecule has 0 aliphatic carbocycles. The van der Waals surface area contributed by atoms with Crippen molar-refractivity contribution in [1.29, 1.82) is 0 Å². The summed E-state index contributed by atoms with van der Waals surface area (Å²) < 4.78 is 1.03. The SMILES string of the molecule is IC1=CC=NC[N]1. The van der Waals surface area contributed by atoms with Gasteiger partial charge in [-0.15, -0.1) is 0 Å². The van der Waals surface area contributed by atoms with Crippen molar-refractivity contribution in [3.63, 3.8) is 0 Å². The Morgan fingerprint density at radius 3 is 2.86 bits per heavy atom. The van der Waals surface area contributed by atoms with Crippen LogP contribution in [0.5, 0.6) is 0 Å². The van der Waals surface area contributed by atoms with Gasteiger partial charge in [-0.1, -0.05) is 0 Å². The van der Waals surface area contributed by atoms with Crippen LogP contribution in [0, 0.1) is 0 Å². The number of hydrogen-bond acceptors (Lipinski definition) is 1. The smallest absolute Gasteiger partial charge is 0.130 e. The molecule has 37 valence electrons. The lowest BCUT2D eigenvalue weighted by Gasteiger charge is -1.98. The van der Waals surface area contributed by atoms with Gasteiger partial charge in [-0.25, -0.2) is 0 Å². The maximum atomic E-state index is 3.98. The van der Waals surface area contributed by atoms with Gasteiger partial charge in [0.2, 0.25) is 0 Å². The highest BCUT2D eigenvalue weighted by molar-refractivity contribution is 14.1. The molecule has 0 unspecified atom stereocenters. The molecule has 0 saturated heterocycles. The van der Waals surface area contributed by atoms with Crippen LogP contribution < -0.4 is 5.32 Å². The molecule has 0 bridgehead atoms. The van der Waals surface area contributed by atoms with Crippen molar-refractivity contribution in [2.24, 2.45) is 4.99 Å². The fourth-order valence-electron chi connectivity index (χ4n) is 0.322. The second-order valence-electron chi connectivity index (χ2n) is 1.12. The molecule has 1 aliphatic rings. The summed E-state index contributed by atoms with van der Waals surface area (Å²) in [6, 6.07) is 0. The van der Waals surface area contributed by atoms with Crippen LogP contribution in [-0.2, 0) is 0 Å². The molecule has 0 amide bonds. The Kier molecular flexibility index (Phi) is 1.67. The number of hydrogen-bond donors (Lipinski definition) is 0. The van der Waals surface area contributed by atoms with Crippen molar-refractivity contribution in [2.45, 2.75) is 0 Å². The van der Waals surface area contributed by atoms with E-state index in [0.717, 1.165) is 3.70 Å². The monoisotopic (exact) mass is 207 g/mol. The predicted molar refractivity (Wildman–Crippen MR) is 37.6 cm³/mol. The van der Waals surface area contributed by atoms with E-state index in [2.05, 4.69) is 32.9 Å². The lowest BCUT2D eigenvalue weighted by molar-refractivity contribution is 0.857. The molecule has 0 fully saturated rings. The van der Waals surface area contributed by atoms with Crippen molar-refractivity contribution >= 4 is 28.8 Å². The van der Waals surface area contributed by atoms with Crippen molar-refractivity contribution in [2.75, 3.05) is 6.67 Å². The minimum atomic E-state index is 0.606. The fourth-order valence-corrected chi connectivity index (χ4v) is 0.636. The van der Waals surface area contributed by atoms with Crippen LogP contribution in [0.15, 0.2) is 14.8 Å². The maximum absolute atomic E-state index is 3.98. The van der Waals surface area contributed by atoms with E-state index in [4.69, 9.17) is 0 Å². The summed E-state index contributed by atoms with van der Waals surface area (Å²) in [4.78, 5) is 3.85. The van der Waals surface area contributed by atoms with Gasteiger partial charge >= 0.3 is 0 Å². The lowest BCUT2D eigenvalue weighted by Crippen LogP contribution is -2.03. The molecule has 1 heterocycles. The summed E-state index contributed by atoms with van der Waals surface area (Å²) in [6.45, 7) is 0.606. The van der Waals surface area contributed by atoms with Gasteiger partial charge in [0, 0.05) is 6.21 Å². The first-order valence-electron chi connectivity index (χ1n) is 1.93. The molecule has 0 aromatic carbocycles. The first-order chi connectivity index (χ1) is 3.39. The van der Waals surface area contributed by atoms with Crippen molar-refractivity contribution in [3.8, 4) is 0 Å². The third-order valence-corrected chi connectivity index (χ3v) is 1.32. The Bertz CT molecular complexity index is 117. The predicted octanol–water partition coefficient (Wildman–Crippen LogP) is 0.909. The molecule has 0 aromatic rings. The fraction of sp³-hybridized carbons (Fsp3) is 0.250. The summed E-state index contributed by atoms with van der Waals surface area (Å²) in [7, 11) is 0. The molecule has 0 aromatic heterocycles. The van der Waals surface area contributed by atoms with Crippen molar-refractivity contribution in [1.82, 2.24) is 5.32 Å². The van der Waals surface area contributed by atoms with E-state index in [-0.39, 0.29) is 0 Å². The molecular weight excluding hydrogens is 203 g/mol. The Morgan fingerprint density at radius 2 is 2.57 bits per heavy atom. The van der Waals surface area contributed by atoms with Crippen molar-refractivity contribution < 1.29 is 0 Å². The molecule has 3 heteroatoms. The maximum Gasteiger partial charge on any atom is 0.130 e. The van der Waals surface area contributed by atoms with E-state index < -0.39 is 0 Å². The Labute approximate surface area is 55.8 Å².